The van der Waals surface area contributed by atoms with Gasteiger partial charge in [-0.05, 0) is 0 Å². The average molecular weight is 337 g/mol. The van der Waals surface area contributed by atoms with Crippen LogP contribution < -0.4 is 21.1 Å². The second-order valence-corrected chi connectivity index (χ2v) is 5.54. The summed E-state index contributed by atoms with van der Waals surface area (Å²) in [7, 11) is 0. The van der Waals surface area contributed by atoms with Crippen LogP contribution in [0.1, 0.15) is 0 Å². The third-order valence-electron chi connectivity index (χ3n) is 4.07. The van der Waals surface area contributed by atoms with Crippen molar-refractivity contribution in [3.8, 4) is 0 Å². The second-order valence-electron chi connectivity index (χ2n) is 5.54. The van der Waals surface area contributed by atoms with E-state index in [1.54, 1.807) is 11.0 Å². The molecule has 130 valence electrons. The van der Waals surface area contributed by atoms with E-state index in [2.05, 4.69) is 23.1 Å². The number of rotatable bonds is 4. The summed E-state index contributed by atoms with van der Waals surface area (Å²) in [5.41, 5.74) is 5.33. The number of fused-ring (bicyclic) bond motifs is 1. The van der Waals surface area contributed by atoms with Crippen LogP contribution in [-0.2, 0) is 4.74 Å². The molecular weight excluding hydrogens is 318 g/mol. The summed E-state index contributed by atoms with van der Waals surface area (Å²) in [6.45, 7) is 7.35. The smallest absolute Gasteiger partial charge is 0.278 e. The van der Waals surface area contributed by atoms with Crippen LogP contribution in [0.3, 0.4) is 0 Å². The quantitative estimate of drug-likeness (QED) is 0.396. The van der Waals surface area contributed by atoms with Crippen LogP contribution in [0.25, 0.3) is 0 Å². The molecule has 0 spiro atoms. The number of hydrogen-bond acceptors (Lipinski definition) is 9. The molecule has 1 aromatic rings. The predicted octanol–water partition coefficient (Wildman–Crippen LogP) is -1.93. The fourth-order valence-corrected chi connectivity index (χ4v) is 2.95. The van der Waals surface area contributed by atoms with Crippen LogP contribution in [-0.4, -0.2) is 63.0 Å². The lowest BCUT2D eigenvalue weighted by Gasteiger charge is -2.29. The number of anilines is 3. The molecule has 0 unspecified atom stereocenters. The first-order valence-corrected chi connectivity index (χ1v) is 7.29. The molecule has 24 heavy (non-hydrogen) atoms. The number of nitrogens with zero attached hydrogens (tertiary/aromatic N) is 3. The van der Waals surface area contributed by atoms with E-state index in [-0.39, 0.29) is 24.0 Å². The normalized spacial score (nSPS) is 29.2. The van der Waals surface area contributed by atoms with E-state index >= 15 is 0 Å². The highest BCUT2D eigenvalue weighted by Gasteiger charge is 2.50. The van der Waals surface area contributed by atoms with E-state index in [1.807, 2.05) is 0 Å². The highest BCUT2D eigenvalue weighted by Crippen LogP contribution is 2.41. The Balaban J connectivity index is 2.09. The predicted molar refractivity (Wildman–Crippen MR) is 86.2 cm³/mol. The van der Waals surface area contributed by atoms with Crippen LogP contribution in [0.4, 0.5) is 17.5 Å². The molecule has 6 N–H and O–H groups in total. The van der Waals surface area contributed by atoms with Crippen molar-refractivity contribution < 1.29 is 20.1 Å². The molecule has 0 aromatic carbocycles. The Labute approximate surface area is 137 Å². The van der Waals surface area contributed by atoms with E-state index in [4.69, 9.17) is 10.5 Å². The zero-order valence-electron chi connectivity index (χ0n) is 12.8. The SMILES string of the molecule is C=CCN1C(=C)N([C@@H]2O[C@H](CO)[C@@H](O)[C@H]2O)c2nc(N)[nH]c(=O)c21. The molecule has 1 aromatic heterocycles. The maximum absolute atomic E-state index is 12.3. The maximum Gasteiger partial charge on any atom is 0.278 e. The Kier molecular flexibility index (Phi) is 4.05. The van der Waals surface area contributed by atoms with Gasteiger partial charge in [-0.2, -0.15) is 4.98 Å². The first-order valence-electron chi connectivity index (χ1n) is 7.29. The molecule has 1 saturated heterocycles. The summed E-state index contributed by atoms with van der Waals surface area (Å²) >= 11 is 0. The number of ether oxygens (including phenoxy) is 1. The summed E-state index contributed by atoms with van der Waals surface area (Å²) in [5.74, 6) is 0.352. The number of H-pyrrole nitrogens is 1. The number of aliphatic hydroxyl groups is 3. The molecule has 0 radical (unpaired) electrons. The molecular formula is C14H19N5O5. The number of nitrogen functional groups attached to an aromatic ring is 1. The van der Waals surface area contributed by atoms with Crippen LogP contribution in [0.5, 0.6) is 0 Å². The average Bonchev–Trinajstić information content (AvgIpc) is 2.96. The van der Waals surface area contributed by atoms with Crippen LogP contribution >= 0.6 is 0 Å². The minimum absolute atomic E-state index is 0.108. The highest BCUT2D eigenvalue weighted by molar-refractivity contribution is 5.79. The van der Waals surface area contributed by atoms with Gasteiger partial charge in [-0.25, -0.2) is 0 Å². The van der Waals surface area contributed by atoms with Crippen molar-refractivity contribution in [3.05, 3.63) is 35.4 Å². The van der Waals surface area contributed by atoms with Crippen molar-refractivity contribution in [3.63, 3.8) is 0 Å². The van der Waals surface area contributed by atoms with Crippen molar-refractivity contribution in [2.45, 2.75) is 24.5 Å². The maximum atomic E-state index is 12.3. The van der Waals surface area contributed by atoms with Crippen molar-refractivity contribution in [2.24, 2.45) is 0 Å². The zero-order valence-corrected chi connectivity index (χ0v) is 12.8. The molecule has 3 rings (SSSR count). The van der Waals surface area contributed by atoms with Gasteiger partial charge in [0.25, 0.3) is 5.56 Å². The first kappa shape index (κ1) is 16.5. The van der Waals surface area contributed by atoms with Crippen molar-refractivity contribution >= 4 is 17.5 Å². The molecule has 2 aliphatic heterocycles. The highest BCUT2D eigenvalue weighted by atomic mass is 16.6. The van der Waals surface area contributed by atoms with Crippen molar-refractivity contribution in [1.82, 2.24) is 9.97 Å². The number of aromatic amines is 1. The van der Waals surface area contributed by atoms with E-state index in [9.17, 15) is 20.1 Å². The fraction of sp³-hybridized carbons (Fsp3) is 0.429. The number of nitrogens with one attached hydrogen (secondary N) is 1. The third-order valence-corrected chi connectivity index (χ3v) is 4.07. The number of aromatic nitrogens is 2. The van der Waals surface area contributed by atoms with Crippen molar-refractivity contribution in [2.75, 3.05) is 28.7 Å². The monoisotopic (exact) mass is 337 g/mol. The van der Waals surface area contributed by atoms with E-state index in [0.29, 0.717) is 5.82 Å². The molecule has 1 fully saturated rings. The second kappa shape index (κ2) is 5.91. The molecule has 0 aliphatic carbocycles. The minimum Gasteiger partial charge on any atom is -0.394 e. The lowest BCUT2D eigenvalue weighted by molar-refractivity contribution is -0.0207. The van der Waals surface area contributed by atoms with Crippen LogP contribution in [0.2, 0.25) is 0 Å². The fourth-order valence-electron chi connectivity index (χ4n) is 2.95. The summed E-state index contributed by atoms with van der Waals surface area (Å²) < 4.78 is 5.52. The summed E-state index contributed by atoms with van der Waals surface area (Å²) in [5, 5.41) is 29.5. The summed E-state index contributed by atoms with van der Waals surface area (Å²) in [6, 6.07) is 0. The van der Waals surface area contributed by atoms with Gasteiger partial charge in [0.05, 0.1) is 6.61 Å². The third kappa shape index (κ3) is 2.27. The minimum atomic E-state index is -1.34. The van der Waals surface area contributed by atoms with Crippen LogP contribution in [0, 0.1) is 0 Å². The molecule has 3 heterocycles. The van der Waals surface area contributed by atoms with Crippen molar-refractivity contribution in [1.29, 1.82) is 0 Å². The first-order chi connectivity index (χ1) is 11.4. The Morgan fingerprint density at radius 3 is 2.71 bits per heavy atom. The zero-order chi connectivity index (χ0) is 17.6. The van der Waals surface area contributed by atoms with Gasteiger partial charge < -0.3 is 30.7 Å². The molecule has 10 heteroatoms. The largest absolute Gasteiger partial charge is 0.394 e. The van der Waals surface area contributed by atoms with Crippen LogP contribution in [0.15, 0.2) is 29.8 Å². The topological polar surface area (TPSA) is 148 Å². The summed E-state index contributed by atoms with van der Waals surface area (Å²) in [4.78, 5) is 21.7. The van der Waals surface area contributed by atoms with Gasteiger partial charge in [-0.3, -0.25) is 14.7 Å². The van der Waals surface area contributed by atoms with Gasteiger partial charge in [0, 0.05) is 6.54 Å². The van der Waals surface area contributed by atoms with E-state index < -0.39 is 36.7 Å². The molecule has 0 bridgehead atoms. The van der Waals surface area contributed by atoms with E-state index in [1.165, 1.54) is 4.90 Å². The Morgan fingerprint density at radius 2 is 2.12 bits per heavy atom. The van der Waals surface area contributed by atoms with Gasteiger partial charge in [0.2, 0.25) is 5.95 Å². The van der Waals surface area contributed by atoms with Gasteiger partial charge in [0.1, 0.15) is 24.1 Å². The molecule has 0 amide bonds. The number of nitrogens with two attached hydrogens (primary N) is 1. The number of aliphatic hydroxyl groups excluding tert-OH is 3. The van der Waals surface area contributed by atoms with E-state index in [0.717, 1.165) is 0 Å². The molecule has 10 nitrogen and oxygen atoms in total. The Bertz CT molecular complexity index is 735. The Hall–Kier alpha value is -2.40. The molecule has 4 atom stereocenters. The lowest BCUT2D eigenvalue weighted by Crippen LogP contribution is -2.44. The summed E-state index contributed by atoms with van der Waals surface area (Å²) in [6.07, 6.45) is -3.09. The molecule has 0 saturated carbocycles. The van der Waals surface area contributed by atoms with Gasteiger partial charge >= 0.3 is 0 Å². The Morgan fingerprint density at radius 1 is 1.42 bits per heavy atom. The van der Waals surface area contributed by atoms with Gasteiger partial charge in [-0.1, -0.05) is 12.7 Å². The van der Waals surface area contributed by atoms with Gasteiger partial charge in [-0.15, -0.1) is 6.58 Å². The number of hydrogen-bond donors (Lipinski definition) is 5. The lowest BCUT2D eigenvalue weighted by atomic mass is 10.1. The van der Waals surface area contributed by atoms with Gasteiger partial charge in [0.15, 0.2) is 17.7 Å². The standard InChI is InChI=1S/C14H19N5O5/c1-3-4-18-6(2)19(11-8(18)12(23)17-14(15)16-11)13-10(22)9(21)7(5-20)24-13/h3,7,9-10,13,20-22H,1-2,4-5H2,(H3,15,16,17,23)/t7-,9-,10-,13-/m1/s1. The molecule has 2 aliphatic rings.